The highest BCUT2D eigenvalue weighted by molar-refractivity contribution is 7.89. The van der Waals surface area contributed by atoms with Crippen LogP contribution in [0.25, 0.3) is 0 Å². The fourth-order valence-corrected chi connectivity index (χ4v) is 2.17. The van der Waals surface area contributed by atoms with Crippen molar-refractivity contribution in [2.75, 3.05) is 19.6 Å². The number of carbonyl (C=O) groups excluding carboxylic acids is 1. The lowest BCUT2D eigenvalue weighted by molar-refractivity contribution is 0.0596. The van der Waals surface area contributed by atoms with Gasteiger partial charge in [-0.15, -0.1) is 0 Å². The molecule has 0 fully saturated rings. The summed E-state index contributed by atoms with van der Waals surface area (Å²) in [6.07, 6.45) is 0. The highest BCUT2D eigenvalue weighted by atomic mass is 32.2. The number of nitrogens with two attached hydrogens (primary N) is 1. The van der Waals surface area contributed by atoms with Gasteiger partial charge in [0.2, 0.25) is 10.0 Å². The Balaban J connectivity index is 3.47. The number of esters is 1. The van der Waals surface area contributed by atoms with E-state index in [0.717, 1.165) is 0 Å². The number of hydrazine groups is 1. The van der Waals surface area contributed by atoms with E-state index < -0.39 is 16.0 Å². The zero-order chi connectivity index (χ0) is 13.1. The van der Waals surface area contributed by atoms with Gasteiger partial charge in [0.1, 0.15) is 0 Å². The molecule has 1 aromatic rings. The molecule has 0 saturated carbocycles. The number of carbonyl (C=O) groups is 1. The van der Waals surface area contributed by atoms with E-state index in [1.54, 1.807) is 0 Å². The van der Waals surface area contributed by atoms with Crippen LogP contribution in [0, 0.1) is 0 Å². The van der Waals surface area contributed by atoms with Gasteiger partial charge in [-0.3, -0.25) is 5.84 Å². The molecule has 0 spiro atoms. The molecule has 0 saturated heterocycles. The van der Waals surface area contributed by atoms with Crippen molar-refractivity contribution in [2.45, 2.75) is 4.90 Å². The standard InChI is InChI=1S/C9H13N3O4S/c1-11-17(14,15)8-5-6(12-10)3-4-7(8)9(13)16-2/h3-5,11-12H,10H2,1-2H3. The second-order valence-electron chi connectivity index (χ2n) is 3.05. The molecule has 0 unspecified atom stereocenters. The van der Waals surface area contributed by atoms with Gasteiger partial charge in [-0.1, -0.05) is 0 Å². The first-order valence-electron chi connectivity index (χ1n) is 4.58. The predicted octanol–water partition coefficient (Wildman–Crippen LogP) is -0.333. The van der Waals surface area contributed by atoms with E-state index >= 15 is 0 Å². The summed E-state index contributed by atoms with van der Waals surface area (Å²) < 4.78 is 30.1. The van der Waals surface area contributed by atoms with E-state index in [4.69, 9.17) is 5.84 Å². The van der Waals surface area contributed by atoms with Crippen molar-refractivity contribution in [3.05, 3.63) is 23.8 Å². The van der Waals surface area contributed by atoms with E-state index in [-0.39, 0.29) is 10.5 Å². The van der Waals surface area contributed by atoms with E-state index in [0.29, 0.717) is 5.69 Å². The fourth-order valence-electron chi connectivity index (χ4n) is 1.22. The van der Waals surface area contributed by atoms with Gasteiger partial charge < -0.3 is 10.2 Å². The molecule has 0 aliphatic carbocycles. The highest BCUT2D eigenvalue weighted by Crippen LogP contribution is 2.20. The van der Waals surface area contributed by atoms with Crippen LogP contribution in [0.3, 0.4) is 0 Å². The van der Waals surface area contributed by atoms with Crippen LogP contribution < -0.4 is 16.0 Å². The van der Waals surface area contributed by atoms with Gasteiger partial charge in [0.15, 0.2) is 0 Å². The number of sulfonamides is 1. The van der Waals surface area contributed by atoms with Crippen LogP contribution in [-0.2, 0) is 14.8 Å². The van der Waals surface area contributed by atoms with E-state index in [1.807, 2.05) is 0 Å². The van der Waals surface area contributed by atoms with E-state index in [1.165, 1.54) is 32.4 Å². The Morgan fingerprint density at radius 2 is 2.06 bits per heavy atom. The zero-order valence-electron chi connectivity index (χ0n) is 9.35. The fraction of sp³-hybridized carbons (Fsp3) is 0.222. The molecule has 1 rings (SSSR count). The zero-order valence-corrected chi connectivity index (χ0v) is 10.2. The lowest BCUT2D eigenvalue weighted by Gasteiger charge is -2.10. The first-order valence-corrected chi connectivity index (χ1v) is 6.07. The SMILES string of the molecule is CNS(=O)(=O)c1cc(NN)ccc1C(=O)OC. The number of benzene rings is 1. The Labute approximate surface area is 99.0 Å². The number of nitrogen functional groups attached to an aromatic ring is 1. The molecule has 8 heteroatoms. The minimum atomic E-state index is -3.76. The molecule has 17 heavy (non-hydrogen) atoms. The van der Waals surface area contributed by atoms with Crippen molar-refractivity contribution < 1.29 is 17.9 Å². The summed E-state index contributed by atoms with van der Waals surface area (Å²) in [7, 11) is -1.34. The third-order valence-corrected chi connectivity index (χ3v) is 3.57. The molecule has 0 atom stereocenters. The number of methoxy groups -OCH3 is 1. The maximum Gasteiger partial charge on any atom is 0.339 e. The van der Waals surface area contributed by atoms with E-state index in [2.05, 4.69) is 14.9 Å². The molecule has 7 nitrogen and oxygen atoms in total. The first-order chi connectivity index (χ1) is 7.96. The Morgan fingerprint density at radius 3 is 2.53 bits per heavy atom. The predicted molar refractivity (Wildman–Crippen MR) is 61.8 cm³/mol. The quantitative estimate of drug-likeness (QED) is 0.388. The number of ether oxygens (including phenoxy) is 1. The molecule has 1 aromatic carbocycles. The molecule has 0 amide bonds. The summed E-state index contributed by atoms with van der Waals surface area (Å²) >= 11 is 0. The Hall–Kier alpha value is -1.64. The molecule has 0 aliphatic rings. The van der Waals surface area contributed by atoms with Crippen molar-refractivity contribution in [2.24, 2.45) is 5.84 Å². The third-order valence-electron chi connectivity index (χ3n) is 2.11. The minimum Gasteiger partial charge on any atom is -0.465 e. The maximum atomic E-state index is 11.7. The van der Waals surface area contributed by atoms with Crippen molar-refractivity contribution in [1.82, 2.24) is 4.72 Å². The summed E-state index contributed by atoms with van der Waals surface area (Å²) in [5.41, 5.74) is 2.62. The van der Waals surface area contributed by atoms with Crippen molar-refractivity contribution in [3.8, 4) is 0 Å². The monoisotopic (exact) mass is 259 g/mol. The van der Waals surface area contributed by atoms with Crippen molar-refractivity contribution in [1.29, 1.82) is 0 Å². The second kappa shape index (κ2) is 5.13. The summed E-state index contributed by atoms with van der Waals surface area (Å²) in [5, 5.41) is 0. The maximum absolute atomic E-state index is 11.7. The van der Waals surface area contributed by atoms with Gasteiger partial charge in [-0.05, 0) is 25.2 Å². The van der Waals surface area contributed by atoms with Crippen molar-refractivity contribution >= 4 is 21.7 Å². The molecule has 0 aromatic heterocycles. The average molecular weight is 259 g/mol. The van der Waals surface area contributed by atoms with Crippen LogP contribution in [0.5, 0.6) is 0 Å². The van der Waals surface area contributed by atoms with Crippen LogP contribution in [0.1, 0.15) is 10.4 Å². The molecule has 0 bridgehead atoms. The van der Waals surface area contributed by atoms with Crippen LogP contribution in [0.15, 0.2) is 23.1 Å². The molecular formula is C9H13N3O4S. The average Bonchev–Trinajstić information content (AvgIpc) is 2.37. The summed E-state index contributed by atoms with van der Waals surface area (Å²) in [4.78, 5) is 11.2. The van der Waals surface area contributed by atoms with Crippen LogP contribution >= 0.6 is 0 Å². The van der Waals surface area contributed by atoms with Gasteiger partial charge in [0.05, 0.1) is 17.6 Å². The largest absolute Gasteiger partial charge is 0.465 e. The highest BCUT2D eigenvalue weighted by Gasteiger charge is 2.22. The topological polar surface area (TPSA) is 111 Å². The number of nitrogens with one attached hydrogen (secondary N) is 2. The van der Waals surface area contributed by atoms with E-state index in [9.17, 15) is 13.2 Å². The summed E-state index contributed by atoms with van der Waals surface area (Å²) in [6.45, 7) is 0. The molecule has 0 aliphatic heterocycles. The smallest absolute Gasteiger partial charge is 0.339 e. The second-order valence-corrected chi connectivity index (χ2v) is 4.91. The molecule has 94 valence electrons. The lowest BCUT2D eigenvalue weighted by atomic mass is 10.2. The van der Waals surface area contributed by atoms with Crippen LogP contribution in [0.2, 0.25) is 0 Å². The van der Waals surface area contributed by atoms with Crippen LogP contribution in [0.4, 0.5) is 5.69 Å². The Bertz CT molecular complexity index is 527. The summed E-state index contributed by atoms with van der Waals surface area (Å²) in [5.74, 6) is 4.45. The third kappa shape index (κ3) is 2.73. The van der Waals surface area contributed by atoms with Crippen LogP contribution in [-0.4, -0.2) is 28.5 Å². The van der Waals surface area contributed by atoms with Crippen molar-refractivity contribution in [3.63, 3.8) is 0 Å². The Kier molecular flexibility index (Phi) is 4.05. The number of rotatable bonds is 4. The number of anilines is 1. The normalized spacial score (nSPS) is 11.0. The Morgan fingerprint density at radius 1 is 1.41 bits per heavy atom. The van der Waals surface area contributed by atoms with Gasteiger partial charge >= 0.3 is 5.97 Å². The summed E-state index contributed by atoms with van der Waals surface area (Å²) in [6, 6.07) is 4.05. The lowest BCUT2D eigenvalue weighted by Crippen LogP contribution is -2.22. The molecule has 0 heterocycles. The number of hydrogen-bond acceptors (Lipinski definition) is 6. The number of hydrogen-bond donors (Lipinski definition) is 3. The first kappa shape index (κ1) is 13.4. The van der Waals surface area contributed by atoms with Gasteiger partial charge in [0.25, 0.3) is 0 Å². The molecule has 4 N–H and O–H groups in total. The van der Waals surface area contributed by atoms with Gasteiger partial charge in [-0.2, -0.15) is 0 Å². The molecular weight excluding hydrogens is 246 g/mol. The van der Waals surface area contributed by atoms with Gasteiger partial charge in [0, 0.05) is 5.69 Å². The van der Waals surface area contributed by atoms with Gasteiger partial charge in [-0.25, -0.2) is 17.9 Å². The minimum absolute atomic E-state index is 0.0548. The molecule has 0 radical (unpaired) electrons.